The fourth-order valence-electron chi connectivity index (χ4n) is 4.42. The van der Waals surface area contributed by atoms with E-state index in [1.807, 2.05) is 11.5 Å². The number of carbonyl (C=O) groups excluding carboxylic acids is 2. The van der Waals surface area contributed by atoms with Gasteiger partial charge in [-0.3, -0.25) is 14.4 Å². The molecule has 1 saturated heterocycles. The largest absolute Gasteiger partial charge is 0.466 e. The highest BCUT2D eigenvalue weighted by atomic mass is 16.5. The summed E-state index contributed by atoms with van der Waals surface area (Å²) in [5.74, 6) is -0.482. The Balaban J connectivity index is 1.65. The number of nitrogens with zero attached hydrogens (tertiary/aromatic N) is 4. The monoisotopic (exact) mass is 401 g/mol. The Labute approximate surface area is 168 Å². The molecule has 4 rings (SSSR count). The SMILES string of the molecule is CCOC(=O)C1CCN(C(=O)c2cnn3c(=O)c4c(n(CC)c23)CCNC4)CC1. The molecule has 0 saturated carbocycles. The van der Waals surface area contributed by atoms with Crippen molar-refractivity contribution in [3.05, 3.63) is 33.4 Å². The second kappa shape index (κ2) is 7.98. The number of aryl methyl sites for hydroxylation is 1. The van der Waals surface area contributed by atoms with E-state index in [2.05, 4.69) is 10.4 Å². The third-order valence-corrected chi connectivity index (χ3v) is 5.91. The molecular weight excluding hydrogens is 374 g/mol. The van der Waals surface area contributed by atoms with Crippen molar-refractivity contribution >= 4 is 17.5 Å². The Bertz CT molecular complexity index is 1000. The number of rotatable bonds is 4. The maximum absolute atomic E-state index is 13.3. The van der Waals surface area contributed by atoms with Crippen LogP contribution in [0.4, 0.5) is 0 Å². The molecule has 1 amide bonds. The van der Waals surface area contributed by atoms with Gasteiger partial charge in [0.25, 0.3) is 11.5 Å². The summed E-state index contributed by atoms with van der Waals surface area (Å²) in [5, 5.41) is 7.49. The minimum absolute atomic E-state index is 0.141. The van der Waals surface area contributed by atoms with Crippen LogP contribution in [0.15, 0.2) is 11.0 Å². The lowest BCUT2D eigenvalue weighted by Gasteiger charge is -2.31. The van der Waals surface area contributed by atoms with E-state index >= 15 is 0 Å². The Kier molecular flexibility index (Phi) is 5.40. The molecule has 0 atom stereocenters. The molecule has 0 bridgehead atoms. The first kappa shape index (κ1) is 19.6. The van der Waals surface area contributed by atoms with Gasteiger partial charge in [-0.15, -0.1) is 0 Å². The van der Waals surface area contributed by atoms with Crippen LogP contribution in [0, 0.1) is 5.92 Å². The molecule has 0 spiro atoms. The molecule has 0 unspecified atom stereocenters. The molecule has 4 heterocycles. The molecule has 1 N–H and O–H groups in total. The predicted octanol–water partition coefficient (Wildman–Crippen LogP) is 0.577. The molecule has 29 heavy (non-hydrogen) atoms. The van der Waals surface area contributed by atoms with E-state index < -0.39 is 0 Å². The highest BCUT2D eigenvalue weighted by Gasteiger charge is 2.31. The van der Waals surface area contributed by atoms with Crippen LogP contribution in [0.1, 0.15) is 48.3 Å². The van der Waals surface area contributed by atoms with Gasteiger partial charge in [0.15, 0.2) is 5.65 Å². The Morgan fingerprint density at radius 2 is 2.03 bits per heavy atom. The Morgan fingerprint density at radius 1 is 1.28 bits per heavy atom. The second-order valence-corrected chi connectivity index (χ2v) is 7.51. The number of nitrogens with one attached hydrogen (secondary N) is 1. The van der Waals surface area contributed by atoms with Crippen LogP contribution in [0.3, 0.4) is 0 Å². The van der Waals surface area contributed by atoms with E-state index in [1.165, 1.54) is 10.7 Å². The normalized spacial score (nSPS) is 17.4. The highest BCUT2D eigenvalue weighted by Crippen LogP contribution is 2.23. The first-order chi connectivity index (χ1) is 14.1. The van der Waals surface area contributed by atoms with Gasteiger partial charge in [0.1, 0.15) is 5.56 Å². The van der Waals surface area contributed by atoms with Gasteiger partial charge in [-0.2, -0.15) is 9.61 Å². The van der Waals surface area contributed by atoms with Gasteiger partial charge >= 0.3 is 5.97 Å². The van der Waals surface area contributed by atoms with Crippen LogP contribution in [0.5, 0.6) is 0 Å². The van der Waals surface area contributed by atoms with E-state index in [9.17, 15) is 14.4 Å². The fraction of sp³-hybridized carbons (Fsp3) is 0.600. The zero-order valence-corrected chi connectivity index (χ0v) is 16.9. The third-order valence-electron chi connectivity index (χ3n) is 5.91. The van der Waals surface area contributed by atoms with Crippen LogP contribution in [-0.4, -0.2) is 57.2 Å². The van der Waals surface area contributed by atoms with E-state index in [4.69, 9.17) is 4.74 Å². The van der Waals surface area contributed by atoms with E-state index in [0.29, 0.717) is 56.8 Å². The zero-order valence-electron chi connectivity index (χ0n) is 16.9. The maximum atomic E-state index is 13.3. The van der Waals surface area contributed by atoms with E-state index in [1.54, 1.807) is 11.8 Å². The number of carbonyl (C=O) groups is 2. The lowest BCUT2D eigenvalue weighted by Crippen LogP contribution is -2.41. The topological polar surface area (TPSA) is 97.9 Å². The van der Waals surface area contributed by atoms with Gasteiger partial charge in [0.2, 0.25) is 0 Å². The molecule has 0 aliphatic carbocycles. The molecule has 2 aliphatic heterocycles. The standard InChI is InChI=1S/C20H27N5O4/c1-3-24-16-5-8-21-11-14(16)19(27)25-17(24)15(12-22-25)18(26)23-9-6-13(7-10-23)20(28)29-4-2/h12-13,21H,3-11H2,1-2H3. The number of esters is 1. The molecule has 9 heteroatoms. The summed E-state index contributed by atoms with van der Waals surface area (Å²) in [7, 11) is 0. The zero-order chi connectivity index (χ0) is 20.5. The Hall–Kier alpha value is -2.68. The van der Waals surface area contributed by atoms with Crippen molar-refractivity contribution in [3.63, 3.8) is 0 Å². The number of fused-ring (bicyclic) bond motifs is 2. The summed E-state index contributed by atoms with van der Waals surface area (Å²) in [6, 6.07) is 0. The molecule has 0 radical (unpaired) electrons. The summed E-state index contributed by atoms with van der Waals surface area (Å²) >= 11 is 0. The number of piperidine rings is 1. The minimum Gasteiger partial charge on any atom is -0.466 e. The summed E-state index contributed by atoms with van der Waals surface area (Å²) in [4.78, 5) is 39.9. The van der Waals surface area contributed by atoms with Crippen molar-refractivity contribution < 1.29 is 14.3 Å². The van der Waals surface area contributed by atoms with Gasteiger partial charge in [-0.1, -0.05) is 0 Å². The number of aromatic nitrogens is 3. The molecule has 2 aromatic rings. The molecule has 2 aromatic heterocycles. The van der Waals surface area contributed by atoms with Gasteiger partial charge in [0, 0.05) is 44.8 Å². The van der Waals surface area contributed by atoms with Crippen LogP contribution in [-0.2, 0) is 29.0 Å². The molecule has 1 fully saturated rings. The van der Waals surface area contributed by atoms with Crippen molar-refractivity contribution in [3.8, 4) is 0 Å². The molecule has 9 nitrogen and oxygen atoms in total. The van der Waals surface area contributed by atoms with Crippen LogP contribution in [0.2, 0.25) is 0 Å². The van der Waals surface area contributed by atoms with Gasteiger partial charge in [-0.05, 0) is 26.7 Å². The summed E-state index contributed by atoms with van der Waals surface area (Å²) in [6.07, 6.45) is 3.43. The number of ether oxygens (including phenoxy) is 1. The minimum atomic E-state index is -0.185. The Morgan fingerprint density at radius 3 is 2.72 bits per heavy atom. The summed E-state index contributed by atoms with van der Waals surface area (Å²) in [5.41, 5.74) is 2.56. The predicted molar refractivity (Wildman–Crippen MR) is 106 cm³/mol. The second-order valence-electron chi connectivity index (χ2n) is 7.51. The number of likely N-dealkylation sites (tertiary alicyclic amines) is 1. The summed E-state index contributed by atoms with van der Waals surface area (Å²) in [6.45, 7) is 7.15. The molecule has 156 valence electrons. The molecule has 0 aromatic carbocycles. The number of hydrogen-bond acceptors (Lipinski definition) is 6. The maximum Gasteiger partial charge on any atom is 0.309 e. The smallest absolute Gasteiger partial charge is 0.309 e. The lowest BCUT2D eigenvalue weighted by molar-refractivity contribution is -0.149. The van der Waals surface area contributed by atoms with Gasteiger partial charge < -0.3 is 19.5 Å². The highest BCUT2D eigenvalue weighted by molar-refractivity contribution is 6.00. The first-order valence-corrected chi connectivity index (χ1v) is 10.4. The van der Waals surface area contributed by atoms with Crippen LogP contribution >= 0.6 is 0 Å². The van der Waals surface area contributed by atoms with E-state index in [0.717, 1.165) is 24.2 Å². The summed E-state index contributed by atoms with van der Waals surface area (Å²) < 4.78 is 8.50. The van der Waals surface area contributed by atoms with Crippen molar-refractivity contribution in [2.75, 3.05) is 26.2 Å². The lowest BCUT2D eigenvalue weighted by atomic mass is 9.96. The van der Waals surface area contributed by atoms with Gasteiger partial charge in [-0.25, -0.2) is 0 Å². The molecule has 2 aliphatic rings. The number of amides is 1. The van der Waals surface area contributed by atoms with E-state index in [-0.39, 0.29) is 23.4 Å². The molecular formula is C20H27N5O4. The quantitative estimate of drug-likeness (QED) is 0.753. The van der Waals surface area contributed by atoms with Crippen molar-refractivity contribution in [2.24, 2.45) is 5.92 Å². The number of hydrogen-bond donors (Lipinski definition) is 1. The fourth-order valence-corrected chi connectivity index (χ4v) is 4.42. The van der Waals surface area contributed by atoms with Crippen molar-refractivity contribution in [1.82, 2.24) is 24.4 Å². The van der Waals surface area contributed by atoms with Crippen LogP contribution in [0.25, 0.3) is 5.65 Å². The third kappa shape index (κ3) is 3.33. The van der Waals surface area contributed by atoms with Crippen molar-refractivity contribution in [2.45, 2.75) is 46.2 Å². The average molecular weight is 401 g/mol. The van der Waals surface area contributed by atoms with Crippen molar-refractivity contribution in [1.29, 1.82) is 0 Å². The van der Waals surface area contributed by atoms with Gasteiger partial charge in [0.05, 0.1) is 24.3 Å². The van der Waals surface area contributed by atoms with Crippen LogP contribution < -0.4 is 10.9 Å². The first-order valence-electron chi connectivity index (χ1n) is 10.4. The average Bonchev–Trinajstić information content (AvgIpc) is 3.19.